The van der Waals surface area contributed by atoms with Gasteiger partial charge in [-0.3, -0.25) is 0 Å². The van der Waals surface area contributed by atoms with E-state index in [4.69, 9.17) is 9.26 Å². The number of rotatable bonds is 3. The first kappa shape index (κ1) is 9.46. The average molecular weight is 215 g/mol. The van der Waals surface area contributed by atoms with Crippen molar-refractivity contribution in [2.45, 2.75) is 25.9 Å². The topological polar surface area (TPSA) is 35.3 Å². The van der Waals surface area contributed by atoms with Gasteiger partial charge in [0, 0.05) is 5.56 Å². The van der Waals surface area contributed by atoms with Crippen LogP contribution in [0.3, 0.4) is 0 Å². The van der Waals surface area contributed by atoms with Crippen LogP contribution < -0.4 is 4.74 Å². The van der Waals surface area contributed by atoms with Crippen LogP contribution in [0.2, 0.25) is 0 Å². The molecule has 2 aromatic rings. The van der Waals surface area contributed by atoms with Gasteiger partial charge in [-0.15, -0.1) is 0 Å². The molecule has 0 atom stereocenters. The van der Waals surface area contributed by atoms with E-state index >= 15 is 0 Å². The first-order valence-electron chi connectivity index (χ1n) is 5.57. The lowest BCUT2D eigenvalue weighted by molar-refractivity contribution is 0.246. The van der Waals surface area contributed by atoms with E-state index in [-0.39, 0.29) is 0 Å². The van der Waals surface area contributed by atoms with Crippen molar-refractivity contribution in [2.75, 3.05) is 0 Å². The molecule has 3 rings (SSSR count). The Morgan fingerprint density at radius 2 is 2.06 bits per heavy atom. The number of benzene rings is 1. The number of hydrogen-bond donors (Lipinski definition) is 0. The van der Waals surface area contributed by atoms with Gasteiger partial charge in [0.25, 0.3) is 0 Å². The van der Waals surface area contributed by atoms with Crippen molar-refractivity contribution in [1.82, 2.24) is 5.16 Å². The molecule has 0 fully saturated rings. The lowest BCUT2D eigenvalue weighted by Gasteiger charge is -2.03. The Balaban J connectivity index is 1.71. The summed E-state index contributed by atoms with van der Waals surface area (Å²) < 4.78 is 10.9. The summed E-state index contributed by atoms with van der Waals surface area (Å²) in [6.45, 7) is 0.479. The Morgan fingerprint density at radius 1 is 1.19 bits per heavy atom. The van der Waals surface area contributed by atoms with E-state index in [0.717, 1.165) is 30.0 Å². The third-order valence-corrected chi connectivity index (χ3v) is 2.90. The Kier molecular flexibility index (Phi) is 2.37. The molecule has 1 aliphatic carbocycles. The van der Waals surface area contributed by atoms with Crippen molar-refractivity contribution in [3.8, 4) is 5.75 Å². The van der Waals surface area contributed by atoms with Crippen LogP contribution in [0.15, 0.2) is 34.9 Å². The fourth-order valence-electron chi connectivity index (χ4n) is 2.07. The van der Waals surface area contributed by atoms with Crippen molar-refractivity contribution >= 4 is 0 Å². The molecular formula is C13H13NO2. The second-order valence-electron chi connectivity index (χ2n) is 3.99. The van der Waals surface area contributed by atoms with Gasteiger partial charge in [0.1, 0.15) is 12.4 Å². The average Bonchev–Trinajstić information content (AvgIpc) is 2.90. The zero-order valence-corrected chi connectivity index (χ0v) is 8.98. The number of fused-ring (bicyclic) bond motifs is 1. The van der Waals surface area contributed by atoms with Gasteiger partial charge in [-0.1, -0.05) is 23.4 Å². The lowest BCUT2D eigenvalue weighted by Crippen LogP contribution is -1.96. The number of aryl methyl sites for hydroxylation is 1. The summed E-state index contributed by atoms with van der Waals surface area (Å²) in [5.41, 5.74) is 2.38. The highest BCUT2D eigenvalue weighted by Crippen LogP contribution is 2.25. The standard InChI is InChI=1S/C13H13NO2/c1-2-5-10(6-3-1)15-9-13-11-7-4-8-12(11)14-16-13/h1-3,5-6H,4,7-9H2. The molecule has 0 unspecified atom stereocenters. The minimum absolute atomic E-state index is 0.479. The summed E-state index contributed by atoms with van der Waals surface area (Å²) in [5.74, 6) is 1.75. The molecule has 0 saturated heterocycles. The first-order valence-corrected chi connectivity index (χ1v) is 5.57. The molecule has 3 heteroatoms. The molecule has 82 valence electrons. The summed E-state index contributed by atoms with van der Waals surface area (Å²) in [6, 6.07) is 9.77. The van der Waals surface area contributed by atoms with Gasteiger partial charge < -0.3 is 9.26 Å². The molecule has 0 N–H and O–H groups in total. The van der Waals surface area contributed by atoms with Crippen LogP contribution in [-0.2, 0) is 19.4 Å². The molecule has 0 radical (unpaired) electrons. The van der Waals surface area contributed by atoms with Crippen LogP contribution >= 0.6 is 0 Å². The maximum Gasteiger partial charge on any atom is 0.177 e. The smallest absolute Gasteiger partial charge is 0.177 e. The highest BCUT2D eigenvalue weighted by molar-refractivity contribution is 5.28. The highest BCUT2D eigenvalue weighted by Gasteiger charge is 2.20. The predicted octanol–water partition coefficient (Wildman–Crippen LogP) is 2.74. The Labute approximate surface area is 94.0 Å². The lowest BCUT2D eigenvalue weighted by atomic mass is 10.2. The molecule has 0 aliphatic heterocycles. The van der Waals surface area contributed by atoms with E-state index < -0.39 is 0 Å². The quantitative estimate of drug-likeness (QED) is 0.789. The minimum atomic E-state index is 0.479. The molecule has 0 amide bonds. The number of para-hydroxylation sites is 1. The van der Waals surface area contributed by atoms with Crippen LogP contribution in [-0.4, -0.2) is 5.16 Å². The predicted molar refractivity (Wildman–Crippen MR) is 59.3 cm³/mol. The zero-order valence-electron chi connectivity index (χ0n) is 8.98. The first-order chi connectivity index (χ1) is 7.93. The summed E-state index contributed by atoms with van der Waals surface area (Å²) >= 11 is 0. The van der Waals surface area contributed by atoms with Crippen molar-refractivity contribution in [1.29, 1.82) is 0 Å². The minimum Gasteiger partial charge on any atom is -0.486 e. The number of ether oxygens (including phenoxy) is 1. The van der Waals surface area contributed by atoms with E-state index in [1.165, 1.54) is 12.0 Å². The van der Waals surface area contributed by atoms with E-state index in [0.29, 0.717) is 6.61 Å². The molecule has 3 nitrogen and oxygen atoms in total. The van der Waals surface area contributed by atoms with E-state index in [1.54, 1.807) is 0 Å². The number of aromatic nitrogens is 1. The van der Waals surface area contributed by atoms with Crippen LogP contribution in [0.5, 0.6) is 5.75 Å². The summed E-state index contributed by atoms with van der Waals surface area (Å²) in [5, 5.41) is 4.05. The third kappa shape index (κ3) is 1.69. The second kappa shape index (κ2) is 4.00. The number of hydrogen-bond acceptors (Lipinski definition) is 3. The molecule has 1 aliphatic rings. The Morgan fingerprint density at radius 3 is 2.94 bits per heavy atom. The van der Waals surface area contributed by atoms with E-state index in [2.05, 4.69) is 5.16 Å². The molecule has 1 aromatic heterocycles. The molecule has 16 heavy (non-hydrogen) atoms. The van der Waals surface area contributed by atoms with Gasteiger partial charge in [0.2, 0.25) is 0 Å². The van der Waals surface area contributed by atoms with Gasteiger partial charge in [-0.05, 0) is 31.4 Å². The maximum atomic E-state index is 5.64. The van der Waals surface area contributed by atoms with Crippen molar-refractivity contribution in [3.63, 3.8) is 0 Å². The molecule has 1 aromatic carbocycles. The SMILES string of the molecule is c1ccc(OCc2onc3c2CCC3)cc1. The Hall–Kier alpha value is -1.77. The van der Waals surface area contributed by atoms with Gasteiger partial charge in [0.05, 0.1) is 5.69 Å². The Bertz CT molecular complexity index is 476. The normalized spacial score (nSPS) is 13.8. The van der Waals surface area contributed by atoms with Crippen LogP contribution in [0.1, 0.15) is 23.4 Å². The van der Waals surface area contributed by atoms with Gasteiger partial charge >= 0.3 is 0 Å². The highest BCUT2D eigenvalue weighted by atomic mass is 16.5. The van der Waals surface area contributed by atoms with Gasteiger partial charge in [0.15, 0.2) is 5.76 Å². The van der Waals surface area contributed by atoms with Crippen LogP contribution in [0, 0.1) is 0 Å². The second-order valence-corrected chi connectivity index (χ2v) is 3.99. The van der Waals surface area contributed by atoms with Gasteiger partial charge in [-0.2, -0.15) is 0 Å². The van der Waals surface area contributed by atoms with Crippen molar-refractivity contribution in [3.05, 3.63) is 47.3 Å². The van der Waals surface area contributed by atoms with E-state index in [1.807, 2.05) is 30.3 Å². The van der Waals surface area contributed by atoms with Crippen LogP contribution in [0.4, 0.5) is 0 Å². The zero-order chi connectivity index (χ0) is 10.8. The number of nitrogens with zero attached hydrogens (tertiary/aromatic N) is 1. The molecular weight excluding hydrogens is 202 g/mol. The fourth-order valence-corrected chi connectivity index (χ4v) is 2.07. The van der Waals surface area contributed by atoms with Crippen LogP contribution in [0.25, 0.3) is 0 Å². The summed E-state index contributed by atoms with van der Waals surface area (Å²) in [6.07, 6.45) is 3.31. The molecule has 0 bridgehead atoms. The maximum absolute atomic E-state index is 5.64. The van der Waals surface area contributed by atoms with E-state index in [9.17, 15) is 0 Å². The molecule has 0 saturated carbocycles. The summed E-state index contributed by atoms with van der Waals surface area (Å²) in [4.78, 5) is 0. The monoisotopic (exact) mass is 215 g/mol. The van der Waals surface area contributed by atoms with Gasteiger partial charge in [-0.25, -0.2) is 0 Å². The molecule has 1 heterocycles. The van der Waals surface area contributed by atoms with Crippen molar-refractivity contribution < 1.29 is 9.26 Å². The molecule has 0 spiro atoms. The summed E-state index contributed by atoms with van der Waals surface area (Å²) in [7, 11) is 0. The fraction of sp³-hybridized carbons (Fsp3) is 0.308. The largest absolute Gasteiger partial charge is 0.486 e. The third-order valence-electron chi connectivity index (χ3n) is 2.90. The van der Waals surface area contributed by atoms with Crippen molar-refractivity contribution in [2.24, 2.45) is 0 Å².